The van der Waals surface area contributed by atoms with Gasteiger partial charge in [-0.15, -0.1) is 0 Å². The molecule has 0 N–H and O–H groups in total. The second-order valence-corrected chi connectivity index (χ2v) is 3.51. The summed E-state index contributed by atoms with van der Waals surface area (Å²) < 4.78 is 15.8. The second-order valence-electron chi connectivity index (χ2n) is 3.51. The molecule has 2 rings (SSSR count). The lowest BCUT2D eigenvalue weighted by Gasteiger charge is -2.11. The maximum atomic E-state index is 5.36. The normalized spacial score (nSPS) is 16.2. The molecule has 5 nitrogen and oxygen atoms in total. The molecule has 1 aromatic rings. The highest BCUT2D eigenvalue weighted by atomic mass is 16.7. The predicted molar refractivity (Wildman–Crippen MR) is 52.3 cm³/mol. The number of rotatable bonds is 6. The van der Waals surface area contributed by atoms with Crippen LogP contribution in [0.1, 0.15) is 50.6 Å². The first-order valence-corrected chi connectivity index (χ1v) is 5.41. The zero-order chi connectivity index (χ0) is 10.7. The van der Waals surface area contributed by atoms with Crippen molar-refractivity contribution in [1.29, 1.82) is 0 Å². The summed E-state index contributed by atoms with van der Waals surface area (Å²) in [5.41, 5.74) is 0. The van der Waals surface area contributed by atoms with Crippen LogP contribution in [0.5, 0.6) is 0 Å². The molecule has 1 aliphatic carbocycles. The molecule has 1 heterocycles. The van der Waals surface area contributed by atoms with E-state index in [9.17, 15) is 0 Å². The Balaban J connectivity index is 2.03. The Morgan fingerprint density at radius 1 is 1.33 bits per heavy atom. The molecule has 0 aliphatic heterocycles. The fourth-order valence-corrected chi connectivity index (χ4v) is 1.34. The minimum absolute atomic E-state index is 0.431. The lowest BCUT2D eigenvalue weighted by molar-refractivity contribution is -0.155. The van der Waals surface area contributed by atoms with Crippen molar-refractivity contribution in [2.24, 2.45) is 0 Å². The number of hydrogen-bond donors (Lipinski definition) is 0. The lowest BCUT2D eigenvalue weighted by atomic mass is 10.4. The van der Waals surface area contributed by atoms with Crippen molar-refractivity contribution in [3.05, 3.63) is 11.7 Å². The molecule has 1 fully saturated rings. The largest absolute Gasteiger partial charge is 0.345 e. The van der Waals surface area contributed by atoms with Crippen molar-refractivity contribution in [1.82, 2.24) is 10.1 Å². The van der Waals surface area contributed by atoms with Crippen LogP contribution >= 0.6 is 0 Å². The van der Waals surface area contributed by atoms with Gasteiger partial charge in [0, 0.05) is 19.1 Å². The minimum atomic E-state index is -0.514. The van der Waals surface area contributed by atoms with E-state index in [1.807, 2.05) is 13.8 Å². The third kappa shape index (κ3) is 2.54. The maximum Gasteiger partial charge on any atom is 0.283 e. The maximum absolute atomic E-state index is 5.36. The van der Waals surface area contributed by atoms with E-state index in [4.69, 9.17) is 14.0 Å². The Morgan fingerprint density at radius 2 is 2.00 bits per heavy atom. The molecule has 0 unspecified atom stereocenters. The topological polar surface area (TPSA) is 57.4 Å². The van der Waals surface area contributed by atoms with Gasteiger partial charge in [0.15, 0.2) is 5.82 Å². The van der Waals surface area contributed by atoms with Crippen LogP contribution in [0.3, 0.4) is 0 Å². The highest BCUT2D eigenvalue weighted by molar-refractivity contribution is 5.03. The molecular weight excluding hydrogens is 196 g/mol. The van der Waals surface area contributed by atoms with Gasteiger partial charge in [0.05, 0.1) is 0 Å². The average Bonchev–Trinajstić information content (AvgIpc) is 2.97. The Morgan fingerprint density at radius 3 is 2.53 bits per heavy atom. The zero-order valence-electron chi connectivity index (χ0n) is 9.10. The third-order valence-corrected chi connectivity index (χ3v) is 2.24. The summed E-state index contributed by atoms with van der Waals surface area (Å²) in [5.74, 6) is 1.71. The molecule has 0 saturated heterocycles. The smallest absolute Gasteiger partial charge is 0.283 e. The molecule has 0 atom stereocenters. The van der Waals surface area contributed by atoms with E-state index >= 15 is 0 Å². The van der Waals surface area contributed by atoms with Gasteiger partial charge in [0.1, 0.15) is 0 Å². The summed E-state index contributed by atoms with van der Waals surface area (Å²) in [6.45, 7) is 4.94. The van der Waals surface area contributed by atoms with Crippen LogP contribution in [0.4, 0.5) is 0 Å². The molecule has 1 saturated carbocycles. The molecule has 0 amide bonds. The van der Waals surface area contributed by atoms with Crippen LogP contribution in [-0.2, 0) is 9.47 Å². The van der Waals surface area contributed by atoms with E-state index < -0.39 is 6.29 Å². The van der Waals surface area contributed by atoms with Crippen LogP contribution in [-0.4, -0.2) is 23.4 Å². The first-order chi connectivity index (χ1) is 7.35. The molecule has 5 heteroatoms. The van der Waals surface area contributed by atoms with Crippen molar-refractivity contribution in [3.8, 4) is 0 Å². The van der Waals surface area contributed by atoms with Crippen molar-refractivity contribution < 1.29 is 14.0 Å². The fraction of sp³-hybridized carbons (Fsp3) is 0.800. The van der Waals surface area contributed by atoms with Crippen LogP contribution < -0.4 is 0 Å². The van der Waals surface area contributed by atoms with E-state index in [-0.39, 0.29) is 0 Å². The summed E-state index contributed by atoms with van der Waals surface area (Å²) in [7, 11) is 0. The lowest BCUT2D eigenvalue weighted by Crippen LogP contribution is -2.09. The molecule has 84 valence electrons. The van der Waals surface area contributed by atoms with Crippen LogP contribution in [0.15, 0.2) is 4.52 Å². The molecule has 15 heavy (non-hydrogen) atoms. The van der Waals surface area contributed by atoms with Crippen molar-refractivity contribution in [2.45, 2.75) is 38.9 Å². The van der Waals surface area contributed by atoms with Gasteiger partial charge in [0.25, 0.3) is 5.89 Å². The van der Waals surface area contributed by atoms with Gasteiger partial charge in [-0.05, 0) is 26.7 Å². The van der Waals surface area contributed by atoms with E-state index in [0.29, 0.717) is 25.0 Å². The van der Waals surface area contributed by atoms with Crippen molar-refractivity contribution in [2.75, 3.05) is 13.2 Å². The first-order valence-electron chi connectivity index (χ1n) is 5.41. The zero-order valence-corrected chi connectivity index (χ0v) is 9.10. The van der Waals surface area contributed by atoms with Gasteiger partial charge in [-0.3, -0.25) is 0 Å². The van der Waals surface area contributed by atoms with Crippen molar-refractivity contribution in [3.63, 3.8) is 0 Å². The Hall–Kier alpha value is -0.940. The van der Waals surface area contributed by atoms with Gasteiger partial charge in [0.2, 0.25) is 6.29 Å². The van der Waals surface area contributed by atoms with E-state index in [2.05, 4.69) is 10.1 Å². The average molecular weight is 212 g/mol. The van der Waals surface area contributed by atoms with E-state index in [1.54, 1.807) is 0 Å². The van der Waals surface area contributed by atoms with Gasteiger partial charge in [-0.1, -0.05) is 5.16 Å². The number of nitrogens with zero attached hydrogens (tertiary/aromatic N) is 2. The molecule has 1 aliphatic rings. The Kier molecular flexibility index (Phi) is 3.33. The monoisotopic (exact) mass is 212 g/mol. The molecule has 0 radical (unpaired) electrons. The molecule has 0 bridgehead atoms. The minimum Gasteiger partial charge on any atom is -0.345 e. The van der Waals surface area contributed by atoms with E-state index in [0.717, 1.165) is 18.7 Å². The SMILES string of the molecule is CCOC(OCC)c1nc(C2CC2)no1. The second kappa shape index (κ2) is 4.72. The Labute approximate surface area is 88.8 Å². The van der Waals surface area contributed by atoms with Gasteiger partial charge in [-0.2, -0.15) is 4.98 Å². The van der Waals surface area contributed by atoms with Gasteiger partial charge < -0.3 is 14.0 Å². The molecule has 1 aromatic heterocycles. The molecule has 0 spiro atoms. The highest BCUT2D eigenvalue weighted by Crippen LogP contribution is 2.38. The molecule has 0 aromatic carbocycles. The first kappa shape index (κ1) is 10.6. The number of hydrogen-bond acceptors (Lipinski definition) is 5. The van der Waals surface area contributed by atoms with Crippen LogP contribution in [0.2, 0.25) is 0 Å². The highest BCUT2D eigenvalue weighted by Gasteiger charge is 2.30. The summed E-state index contributed by atoms with van der Waals surface area (Å²) in [4.78, 5) is 4.28. The van der Waals surface area contributed by atoms with Gasteiger partial charge in [-0.25, -0.2) is 0 Å². The predicted octanol–water partition coefficient (Wildman–Crippen LogP) is 2.02. The van der Waals surface area contributed by atoms with Crippen molar-refractivity contribution >= 4 is 0 Å². The quantitative estimate of drug-likeness (QED) is 0.675. The third-order valence-electron chi connectivity index (χ3n) is 2.24. The van der Waals surface area contributed by atoms with Crippen LogP contribution in [0, 0.1) is 0 Å². The van der Waals surface area contributed by atoms with Crippen LogP contribution in [0.25, 0.3) is 0 Å². The number of ether oxygens (including phenoxy) is 2. The fourth-order valence-electron chi connectivity index (χ4n) is 1.34. The summed E-state index contributed by atoms with van der Waals surface area (Å²) in [5, 5.41) is 3.92. The summed E-state index contributed by atoms with van der Waals surface area (Å²) in [6.07, 6.45) is 1.81. The molecular formula is C10H16N2O3. The summed E-state index contributed by atoms with van der Waals surface area (Å²) >= 11 is 0. The standard InChI is InChI=1S/C10H16N2O3/c1-3-13-10(14-4-2)9-11-8(12-15-9)7-5-6-7/h7,10H,3-6H2,1-2H3. The number of aromatic nitrogens is 2. The Bertz CT molecular complexity index is 303. The summed E-state index contributed by atoms with van der Waals surface area (Å²) in [6, 6.07) is 0. The van der Waals surface area contributed by atoms with E-state index in [1.165, 1.54) is 0 Å². The van der Waals surface area contributed by atoms with Gasteiger partial charge >= 0.3 is 0 Å².